The Morgan fingerprint density at radius 1 is 1.29 bits per heavy atom. The van der Waals surface area contributed by atoms with E-state index in [4.69, 9.17) is 26.9 Å². The fraction of sp³-hybridized carbons (Fsp3) is 0.444. The molecular weight excluding hydrogens is 250 g/mol. The predicted molar refractivity (Wildman–Crippen MR) is 58.5 cm³/mol. The number of nitrogens with one attached hydrogen (secondary N) is 1. The van der Waals surface area contributed by atoms with E-state index >= 15 is 0 Å². The van der Waals surface area contributed by atoms with Gasteiger partial charge in [-0.25, -0.2) is 4.98 Å². The van der Waals surface area contributed by atoms with Crippen LogP contribution in [0.3, 0.4) is 0 Å². The summed E-state index contributed by atoms with van der Waals surface area (Å²) in [4.78, 5) is 19.1. The molecule has 0 saturated carbocycles. The Hall–Kier alpha value is -1.28. The number of carbonyl (C=O) groups is 1. The van der Waals surface area contributed by atoms with Crippen LogP contribution < -0.4 is 5.32 Å². The van der Waals surface area contributed by atoms with Gasteiger partial charge in [-0.15, -0.1) is 0 Å². The number of aliphatic hydroxyl groups excluding tert-OH is 3. The maximum absolute atomic E-state index is 11.7. The zero-order valence-corrected chi connectivity index (χ0v) is 9.55. The fourth-order valence-electron chi connectivity index (χ4n) is 1.03. The summed E-state index contributed by atoms with van der Waals surface area (Å²) in [5.74, 6) is -0.697. The molecule has 0 fully saturated rings. The van der Waals surface area contributed by atoms with Crippen molar-refractivity contribution >= 4 is 17.5 Å². The number of rotatable bonds is 5. The molecule has 0 spiro atoms. The van der Waals surface area contributed by atoms with E-state index in [1.807, 2.05) is 0 Å². The molecule has 1 amide bonds. The van der Waals surface area contributed by atoms with Gasteiger partial charge in [0.05, 0.1) is 32.2 Å². The fourth-order valence-corrected chi connectivity index (χ4v) is 1.17. The summed E-state index contributed by atoms with van der Waals surface area (Å²) < 4.78 is 0. The molecule has 0 atom stereocenters. The van der Waals surface area contributed by atoms with Gasteiger partial charge >= 0.3 is 0 Å². The Labute approximate surface area is 102 Å². The van der Waals surface area contributed by atoms with Crippen LogP contribution in [0.15, 0.2) is 12.4 Å². The van der Waals surface area contributed by atoms with E-state index < -0.39 is 31.3 Å². The summed E-state index contributed by atoms with van der Waals surface area (Å²) in [5, 5.41) is 29.4. The lowest BCUT2D eigenvalue weighted by Gasteiger charge is -2.28. The number of halogens is 1. The second-order valence-corrected chi connectivity index (χ2v) is 3.82. The minimum Gasteiger partial charge on any atom is -0.394 e. The van der Waals surface area contributed by atoms with E-state index in [1.165, 1.54) is 12.4 Å². The molecule has 17 heavy (non-hydrogen) atoms. The second-order valence-electron chi connectivity index (χ2n) is 3.44. The standard InChI is InChI=1S/C9H12ClN3O4/c10-7-2-11-1-6(12-7)8(17)13-9(3-14,4-15)5-16/h1-2,14-16H,3-5H2,(H,13,17). The van der Waals surface area contributed by atoms with Gasteiger partial charge in [-0.2, -0.15) is 0 Å². The van der Waals surface area contributed by atoms with Crippen molar-refractivity contribution in [2.24, 2.45) is 0 Å². The molecule has 0 aliphatic rings. The third kappa shape index (κ3) is 3.34. The number of amides is 1. The first-order valence-corrected chi connectivity index (χ1v) is 5.07. The van der Waals surface area contributed by atoms with Gasteiger partial charge in [0.25, 0.3) is 5.91 Å². The zero-order chi connectivity index (χ0) is 12.9. The molecule has 8 heteroatoms. The van der Waals surface area contributed by atoms with Crippen LogP contribution in [-0.2, 0) is 0 Å². The Kier molecular flexibility index (Phi) is 4.76. The van der Waals surface area contributed by atoms with Crippen molar-refractivity contribution in [1.29, 1.82) is 0 Å². The summed E-state index contributed by atoms with van der Waals surface area (Å²) in [6, 6.07) is 0. The van der Waals surface area contributed by atoms with Gasteiger partial charge in [0.15, 0.2) is 0 Å². The van der Waals surface area contributed by atoms with E-state index in [2.05, 4.69) is 15.3 Å². The van der Waals surface area contributed by atoms with Crippen LogP contribution >= 0.6 is 11.6 Å². The van der Waals surface area contributed by atoms with Crippen molar-refractivity contribution in [2.45, 2.75) is 5.54 Å². The topological polar surface area (TPSA) is 116 Å². The normalized spacial score (nSPS) is 11.3. The van der Waals surface area contributed by atoms with E-state index in [0.29, 0.717) is 0 Å². The van der Waals surface area contributed by atoms with E-state index in [9.17, 15) is 4.79 Å². The third-order valence-corrected chi connectivity index (χ3v) is 2.31. The highest BCUT2D eigenvalue weighted by Gasteiger charge is 2.30. The molecule has 0 radical (unpaired) electrons. The van der Waals surface area contributed by atoms with Crippen LogP contribution in [0.5, 0.6) is 0 Å². The first kappa shape index (κ1) is 13.8. The first-order valence-electron chi connectivity index (χ1n) is 4.69. The molecule has 7 nitrogen and oxygen atoms in total. The average molecular weight is 262 g/mol. The van der Waals surface area contributed by atoms with Gasteiger partial charge in [0.1, 0.15) is 16.4 Å². The summed E-state index contributed by atoms with van der Waals surface area (Å²) in [7, 11) is 0. The minimum absolute atomic E-state index is 0.0419. The van der Waals surface area contributed by atoms with E-state index in [0.717, 1.165) is 0 Å². The van der Waals surface area contributed by atoms with Crippen molar-refractivity contribution in [2.75, 3.05) is 19.8 Å². The van der Waals surface area contributed by atoms with Crippen LogP contribution in [-0.4, -0.2) is 56.6 Å². The maximum Gasteiger partial charge on any atom is 0.272 e. The smallest absolute Gasteiger partial charge is 0.272 e. The first-order chi connectivity index (χ1) is 8.06. The Morgan fingerprint density at radius 2 is 1.88 bits per heavy atom. The van der Waals surface area contributed by atoms with Crippen molar-refractivity contribution < 1.29 is 20.1 Å². The predicted octanol–water partition coefficient (Wildman–Crippen LogP) is -1.42. The van der Waals surface area contributed by atoms with Gasteiger partial charge in [0.2, 0.25) is 0 Å². The number of aromatic nitrogens is 2. The van der Waals surface area contributed by atoms with Gasteiger partial charge in [-0.05, 0) is 0 Å². The van der Waals surface area contributed by atoms with Crippen LogP contribution in [0, 0.1) is 0 Å². The molecule has 0 unspecified atom stereocenters. The van der Waals surface area contributed by atoms with Crippen molar-refractivity contribution in [3.8, 4) is 0 Å². The van der Waals surface area contributed by atoms with Gasteiger partial charge in [-0.1, -0.05) is 11.6 Å². The van der Waals surface area contributed by atoms with Crippen molar-refractivity contribution in [3.63, 3.8) is 0 Å². The molecule has 0 saturated heterocycles. The van der Waals surface area contributed by atoms with Crippen LogP contribution in [0.25, 0.3) is 0 Å². The van der Waals surface area contributed by atoms with Gasteiger partial charge < -0.3 is 20.6 Å². The van der Waals surface area contributed by atoms with Crippen LogP contribution in [0.2, 0.25) is 5.15 Å². The highest BCUT2D eigenvalue weighted by atomic mass is 35.5. The molecular formula is C9H12ClN3O4. The Bertz CT molecular complexity index is 389. The van der Waals surface area contributed by atoms with Crippen LogP contribution in [0.4, 0.5) is 0 Å². The Morgan fingerprint density at radius 3 is 2.35 bits per heavy atom. The molecule has 1 rings (SSSR count). The highest BCUT2D eigenvalue weighted by molar-refractivity contribution is 6.29. The average Bonchev–Trinajstić information content (AvgIpc) is 2.36. The Balaban J connectivity index is 2.84. The van der Waals surface area contributed by atoms with Gasteiger partial charge in [0, 0.05) is 0 Å². The minimum atomic E-state index is -1.50. The summed E-state index contributed by atoms with van der Waals surface area (Å²) in [6.45, 7) is -1.83. The lowest BCUT2D eigenvalue weighted by molar-refractivity contribution is 0.0373. The maximum atomic E-state index is 11.7. The molecule has 1 aromatic heterocycles. The van der Waals surface area contributed by atoms with Crippen molar-refractivity contribution in [1.82, 2.24) is 15.3 Å². The molecule has 1 heterocycles. The molecule has 0 aromatic carbocycles. The van der Waals surface area contributed by atoms with Crippen molar-refractivity contribution in [3.05, 3.63) is 23.2 Å². The quantitative estimate of drug-likeness (QED) is 0.517. The largest absolute Gasteiger partial charge is 0.394 e. The number of aliphatic hydroxyl groups is 3. The molecule has 4 N–H and O–H groups in total. The molecule has 1 aromatic rings. The van der Waals surface area contributed by atoms with E-state index in [1.54, 1.807) is 0 Å². The van der Waals surface area contributed by atoms with Crippen LogP contribution in [0.1, 0.15) is 10.5 Å². The SMILES string of the molecule is O=C(NC(CO)(CO)CO)c1cncc(Cl)n1. The number of hydrogen-bond acceptors (Lipinski definition) is 6. The summed E-state index contributed by atoms with van der Waals surface area (Å²) >= 11 is 5.56. The molecule has 94 valence electrons. The van der Waals surface area contributed by atoms with E-state index in [-0.39, 0.29) is 10.8 Å². The van der Waals surface area contributed by atoms with Gasteiger partial charge in [-0.3, -0.25) is 9.78 Å². The number of hydrogen-bond donors (Lipinski definition) is 4. The summed E-state index contributed by atoms with van der Waals surface area (Å²) in [5.41, 5.74) is -1.57. The lowest BCUT2D eigenvalue weighted by Crippen LogP contribution is -2.57. The molecule has 0 aliphatic heterocycles. The lowest BCUT2D eigenvalue weighted by atomic mass is 10.0. The number of nitrogens with zero attached hydrogens (tertiary/aromatic N) is 2. The monoisotopic (exact) mass is 261 g/mol. The zero-order valence-electron chi connectivity index (χ0n) is 8.80. The second kappa shape index (κ2) is 5.87. The highest BCUT2D eigenvalue weighted by Crippen LogP contribution is 2.06. The number of carbonyl (C=O) groups excluding carboxylic acids is 1. The molecule has 0 bridgehead atoms. The third-order valence-electron chi connectivity index (χ3n) is 2.12. The molecule has 0 aliphatic carbocycles. The summed E-state index contributed by atoms with van der Waals surface area (Å²) in [6.07, 6.45) is 2.44.